The lowest BCUT2D eigenvalue weighted by Gasteiger charge is -2.36. The van der Waals surface area contributed by atoms with Crippen LogP contribution in [0.4, 0.5) is 10.2 Å². The van der Waals surface area contributed by atoms with Crippen LogP contribution < -0.4 is 10.2 Å². The van der Waals surface area contributed by atoms with Crippen LogP contribution in [0, 0.1) is 6.92 Å². The summed E-state index contributed by atoms with van der Waals surface area (Å²) in [6.45, 7) is 9.22. The molecule has 0 saturated carbocycles. The fourth-order valence-corrected chi connectivity index (χ4v) is 3.25. The molecule has 1 aromatic rings. The molecule has 3 rings (SSSR count). The number of nitrogens with one attached hydrogen (secondary N) is 1. The first kappa shape index (κ1) is 17.1. The normalized spacial score (nSPS) is 24.7. The predicted molar refractivity (Wildman–Crippen MR) is 91.0 cm³/mol. The van der Waals surface area contributed by atoms with E-state index in [-0.39, 0.29) is 24.4 Å². The summed E-state index contributed by atoms with van der Waals surface area (Å²) in [5.41, 5.74) is 0.964. The number of rotatable bonds is 3. The summed E-state index contributed by atoms with van der Waals surface area (Å²) in [5, 5.41) is 2.97. The van der Waals surface area contributed by atoms with E-state index in [1.54, 1.807) is 0 Å². The molecule has 1 aromatic heterocycles. The van der Waals surface area contributed by atoms with Crippen LogP contribution in [0.2, 0.25) is 0 Å². The molecule has 1 amide bonds. The van der Waals surface area contributed by atoms with Crippen LogP contribution in [-0.2, 0) is 4.79 Å². The monoisotopic (exact) mass is 335 g/mol. The summed E-state index contributed by atoms with van der Waals surface area (Å²) in [5.74, 6) is 2.10. The van der Waals surface area contributed by atoms with Crippen LogP contribution in [-0.4, -0.2) is 65.7 Å². The van der Waals surface area contributed by atoms with Gasteiger partial charge in [0, 0.05) is 56.8 Å². The molecule has 1 N–H and O–H groups in total. The Labute approximate surface area is 142 Å². The van der Waals surface area contributed by atoms with Crippen molar-refractivity contribution in [2.45, 2.75) is 45.3 Å². The van der Waals surface area contributed by atoms with Crippen molar-refractivity contribution in [2.75, 3.05) is 37.6 Å². The van der Waals surface area contributed by atoms with Crippen molar-refractivity contribution in [3.05, 3.63) is 17.6 Å². The highest BCUT2D eigenvalue weighted by Gasteiger charge is 2.33. The zero-order valence-corrected chi connectivity index (χ0v) is 14.6. The number of piperazine rings is 1. The zero-order valence-electron chi connectivity index (χ0n) is 14.6. The molecular weight excluding hydrogens is 309 g/mol. The largest absolute Gasteiger partial charge is 0.353 e. The van der Waals surface area contributed by atoms with E-state index in [1.165, 1.54) is 0 Å². The van der Waals surface area contributed by atoms with Gasteiger partial charge in [0.05, 0.1) is 6.04 Å². The molecule has 0 radical (unpaired) electrons. The molecule has 24 heavy (non-hydrogen) atoms. The molecule has 6 nitrogen and oxygen atoms in total. The van der Waals surface area contributed by atoms with E-state index in [0.29, 0.717) is 19.5 Å². The van der Waals surface area contributed by atoms with Gasteiger partial charge >= 0.3 is 0 Å². The number of carbonyl (C=O) groups is 1. The highest BCUT2D eigenvalue weighted by atomic mass is 19.1. The highest BCUT2D eigenvalue weighted by molar-refractivity contribution is 5.82. The summed E-state index contributed by atoms with van der Waals surface area (Å²) in [4.78, 5) is 25.6. The molecule has 0 aliphatic carbocycles. The fraction of sp³-hybridized carbons (Fsp3) is 0.706. The van der Waals surface area contributed by atoms with Gasteiger partial charge in [-0.05, 0) is 6.92 Å². The number of carbonyl (C=O) groups excluding carboxylic acids is 1. The second-order valence-electron chi connectivity index (χ2n) is 6.99. The third kappa shape index (κ3) is 3.66. The van der Waals surface area contributed by atoms with E-state index in [1.807, 2.05) is 17.9 Å². The number of halogens is 1. The minimum Gasteiger partial charge on any atom is -0.353 e. The number of amides is 1. The van der Waals surface area contributed by atoms with E-state index in [0.717, 1.165) is 30.4 Å². The lowest BCUT2D eigenvalue weighted by molar-refractivity contribution is -0.133. The van der Waals surface area contributed by atoms with Crippen LogP contribution in [0.15, 0.2) is 6.07 Å². The van der Waals surface area contributed by atoms with Gasteiger partial charge in [-0.15, -0.1) is 0 Å². The fourth-order valence-electron chi connectivity index (χ4n) is 3.25. The van der Waals surface area contributed by atoms with E-state index in [4.69, 9.17) is 0 Å². The topological polar surface area (TPSA) is 61.4 Å². The molecule has 3 heterocycles. The smallest absolute Gasteiger partial charge is 0.239 e. The van der Waals surface area contributed by atoms with Gasteiger partial charge in [-0.3, -0.25) is 4.79 Å². The summed E-state index contributed by atoms with van der Waals surface area (Å²) >= 11 is 0. The standard InChI is InChI=1S/C17H26FN5O/c1-11(2)16-20-12(3)8-15(21-16)22-4-6-23(7-5-22)17(24)14-9-13(18)10-19-14/h8,11,13-14,19H,4-7,9-10H2,1-3H3/t13-,14+/m0/s1. The molecule has 0 unspecified atom stereocenters. The number of aryl methyl sites for hydroxylation is 1. The molecule has 7 heteroatoms. The van der Waals surface area contributed by atoms with Gasteiger partial charge in [0.15, 0.2) is 0 Å². The van der Waals surface area contributed by atoms with Crippen molar-refractivity contribution < 1.29 is 9.18 Å². The van der Waals surface area contributed by atoms with Gasteiger partial charge in [-0.1, -0.05) is 13.8 Å². The quantitative estimate of drug-likeness (QED) is 0.901. The number of nitrogens with zero attached hydrogens (tertiary/aromatic N) is 4. The van der Waals surface area contributed by atoms with Gasteiger partial charge in [0.2, 0.25) is 5.91 Å². The second-order valence-corrected chi connectivity index (χ2v) is 6.99. The van der Waals surface area contributed by atoms with Crippen LogP contribution in [0.1, 0.15) is 37.7 Å². The van der Waals surface area contributed by atoms with Gasteiger partial charge in [-0.25, -0.2) is 14.4 Å². The zero-order chi connectivity index (χ0) is 17.3. The second kappa shape index (κ2) is 7.01. The van der Waals surface area contributed by atoms with E-state index >= 15 is 0 Å². The van der Waals surface area contributed by atoms with Crippen LogP contribution >= 0.6 is 0 Å². The maximum atomic E-state index is 13.3. The molecule has 0 aromatic carbocycles. The van der Waals surface area contributed by atoms with Gasteiger partial charge in [0.25, 0.3) is 0 Å². The van der Waals surface area contributed by atoms with E-state index in [2.05, 4.69) is 34.0 Å². The average Bonchev–Trinajstić information content (AvgIpc) is 3.00. The molecule has 2 saturated heterocycles. The Morgan fingerprint density at radius 1 is 1.29 bits per heavy atom. The Bertz CT molecular complexity index is 601. The highest BCUT2D eigenvalue weighted by Crippen LogP contribution is 2.20. The molecule has 2 fully saturated rings. The van der Waals surface area contributed by atoms with Gasteiger partial charge < -0.3 is 15.1 Å². The first-order valence-electron chi connectivity index (χ1n) is 8.71. The Kier molecular flexibility index (Phi) is 4.99. The third-order valence-corrected chi connectivity index (χ3v) is 4.67. The van der Waals surface area contributed by atoms with Crippen LogP contribution in [0.25, 0.3) is 0 Å². The minimum absolute atomic E-state index is 0.0246. The summed E-state index contributed by atoms with van der Waals surface area (Å²) < 4.78 is 13.3. The summed E-state index contributed by atoms with van der Waals surface area (Å²) in [6, 6.07) is 1.63. The molecule has 0 bridgehead atoms. The maximum absolute atomic E-state index is 13.3. The number of anilines is 1. The van der Waals surface area contributed by atoms with Crippen molar-refractivity contribution in [3.8, 4) is 0 Å². The average molecular weight is 335 g/mol. The third-order valence-electron chi connectivity index (χ3n) is 4.67. The lowest BCUT2D eigenvalue weighted by atomic mass is 10.1. The number of alkyl halides is 1. The van der Waals surface area contributed by atoms with Crippen molar-refractivity contribution in [3.63, 3.8) is 0 Å². The molecule has 0 spiro atoms. The summed E-state index contributed by atoms with van der Waals surface area (Å²) in [6.07, 6.45) is -0.610. The molecule has 2 aliphatic heterocycles. The van der Waals surface area contributed by atoms with Crippen LogP contribution in [0.5, 0.6) is 0 Å². The van der Waals surface area contributed by atoms with E-state index in [9.17, 15) is 9.18 Å². The Morgan fingerprint density at radius 3 is 2.58 bits per heavy atom. The Hall–Kier alpha value is -1.76. The number of hydrogen-bond acceptors (Lipinski definition) is 5. The summed E-state index contributed by atoms with van der Waals surface area (Å²) in [7, 11) is 0. The van der Waals surface area contributed by atoms with Crippen LogP contribution in [0.3, 0.4) is 0 Å². The molecule has 2 aliphatic rings. The van der Waals surface area contributed by atoms with Gasteiger partial charge in [0.1, 0.15) is 17.8 Å². The first-order valence-corrected chi connectivity index (χ1v) is 8.71. The van der Waals surface area contributed by atoms with Crippen molar-refractivity contribution in [1.82, 2.24) is 20.2 Å². The number of aromatic nitrogens is 2. The van der Waals surface area contributed by atoms with Crippen molar-refractivity contribution in [1.29, 1.82) is 0 Å². The lowest BCUT2D eigenvalue weighted by Crippen LogP contribution is -2.53. The number of hydrogen-bond donors (Lipinski definition) is 1. The predicted octanol–water partition coefficient (Wildman–Crippen LogP) is 1.26. The Morgan fingerprint density at radius 2 is 2.00 bits per heavy atom. The molecular formula is C17H26FN5O. The first-order chi connectivity index (χ1) is 11.4. The molecule has 132 valence electrons. The molecule has 2 atom stereocenters. The van der Waals surface area contributed by atoms with Crippen molar-refractivity contribution in [2.24, 2.45) is 0 Å². The van der Waals surface area contributed by atoms with Gasteiger partial charge in [-0.2, -0.15) is 0 Å². The van der Waals surface area contributed by atoms with Crippen molar-refractivity contribution >= 4 is 11.7 Å². The SMILES string of the molecule is Cc1cc(N2CCN(C(=O)[C@H]3C[C@H](F)CN3)CC2)nc(C(C)C)n1. The maximum Gasteiger partial charge on any atom is 0.239 e. The van der Waals surface area contributed by atoms with E-state index < -0.39 is 6.17 Å². The minimum atomic E-state index is -0.904. The Balaban J connectivity index is 1.62.